The second kappa shape index (κ2) is 13.6. The van der Waals surface area contributed by atoms with Gasteiger partial charge in [-0.25, -0.2) is 9.59 Å². The summed E-state index contributed by atoms with van der Waals surface area (Å²) in [6.07, 6.45) is 5.30. The number of hydrogen-bond donors (Lipinski definition) is 4. The van der Waals surface area contributed by atoms with E-state index in [-0.39, 0.29) is 30.7 Å². The fraction of sp³-hybridized carbons (Fsp3) is 0.808. The van der Waals surface area contributed by atoms with Crippen LogP contribution in [0.5, 0.6) is 0 Å². The van der Waals surface area contributed by atoms with Gasteiger partial charge in [0.15, 0.2) is 0 Å². The molecule has 2 rings (SSSR count). The minimum atomic E-state index is -1.13. The molecule has 4 amide bonds. The molecule has 3 atom stereocenters. The lowest BCUT2D eigenvalue weighted by Crippen LogP contribution is -2.57. The summed E-state index contributed by atoms with van der Waals surface area (Å²) in [6.45, 7) is 8.95. The van der Waals surface area contributed by atoms with Crippen molar-refractivity contribution >= 4 is 29.8 Å². The second-order valence-electron chi connectivity index (χ2n) is 11.5. The third-order valence-corrected chi connectivity index (χ3v) is 6.66. The molecule has 0 unspecified atom stereocenters. The lowest BCUT2D eigenvalue weighted by molar-refractivity contribution is -0.143. The van der Waals surface area contributed by atoms with Crippen molar-refractivity contribution in [2.75, 3.05) is 13.1 Å². The van der Waals surface area contributed by atoms with Crippen molar-refractivity contribution in [1.29, 1.82) is 0 Å². The number of carbonyl (C=O) groups excluding carboxylic acids is 4. The Balaban J connectivity index is 2.04. The highest BCUT2D eigenvalue weighted by Gasteiger charge is 2.41. The zero-order chi connectivity index (χ0) is 27.8. The lowest BCUT2D eigenvalue weighted by Gasteiger charge is -2.35. The fourth-order valence-corrected chi connectivity index (χ4v) is 4.99. The molecule has 210 valence electrons. The number of nitrogens with one attached hydrogen (secondary N) is 3. The monoisotopic (exact) mass is 524 g/mol. The molecule has 0 bridgehead atoms. The van der Waals surface area contributed by atoms with E-state index in [9.17, 15) is 29.1 Å². The van der Waals surface area contributed by atoms with Crippen LogP contribution < -0.4 is 16.0 Å². The largest absolute Gasteiger partial charge is 0.480 e. The van der Waals surface area contributed by atoms with E-state index in [0.29, 0.717) is 19.4 Å². The number of hydrogen-bond acceptors (Lipinski definition) is 6. The first-order valence-corrected chi connectivity index (χ1v) is 13.4. The number of amides is 4. The highest BCUT2D eigenvalue weighted by Crippen LogP contribution is 2.29. The molecule has 0 spiro atoms. The van der Waals surface area contributed by atoms with E-state index in [1.54, 1.807) is 20.8 Å². The van der Waals surface area contributed by atoms with Gasteiger partial charge in [-0.05, 0) is 64.7 Å². The van der Waals surface area contributed by atoms with Crippen LogP contribution in [0.2, 0.25) is 0 Å². The van der Waals surface area contributed by atoms with Crippen molar-refractivity contribution < 1.29 is 33.8 Å². The number of alkyl carbamates (subject to hydrolysis) is 1. The van der Waals surface area contributed by atoms with E-state index in [2.05, 4.69) is 16.0 Å². The van der Waals surface area contributed by atoms with E-state index < -0.39 is 47.6 Å². The molecule has 1 heterocycles. The molecule has 0 aromatic carbocycles. The molecule has 4 N–H and O–H groups in total. The topological polar surface area (TPSA) is 154 Å². The first-order valence-electron chi connectivity index (χ1n) is 13.4. The molecular formula is C26H44N4O7. The van der Waals surface area contributed by atoms with Gasteiger partial charge in [0.1, 0.15) is 23.7 Å². The number of carboxylic acids is 1. The van der Waals surface area contributed by atoms with Crippen LogP contribution in [0.4, 0.5) is 4.79 Å². The summed E-state index contributed by atoms with van der Waals surface area (Å²) >= 11 is 0. The Morgan fingerprint density at radius 3 is 2.19 bits per heavy atom. The first kappa shape index (κ1) is 30.4. The Labute approximate surface area is 219 Å². The van der Waals surface area contributed by atoms with Crippen LogP contribution in [0, 0.1) is 11.8 Å². The summed E-state index contributed by atoms with van der Waals surface area (Å²) in [4.78, 5) is 64.3. The number of carbonyl (C=O) groups is 5. The third kappa shape index (κ3) is 9.85. The number of carboxylic acid groups (broad SMARTS) is 1. The summed E-state index contributed by atoms with van der Waals surface area (Å²) in [7, 11) is 0. The van der Waals surface area contributed by atoms with E-state index in [1.807, 2.05) is 13.8 Å². The maximum atomic E-state index is 13.7. The summed E-state index contributed by atoms with van der Waals surface area (Å²) in [5.41, 5.74) is -0.713. The number of likely N-dealkylation sites (tertiary alicyclic amines) is 1. The van der Waals surface area contributed by atoms with Crippen molar-refractivity contribution in [1.82, 2.24) is 20.9 Å². The van der Waals surface area contributed by atoms with Crippen molar-refractivity contribution in [3.63, 3.8) is 0 Å². The van der Waals surface area contributed by atoms with Crippen LogP contribution in [-0.2, 0) is 23.9 Å². The van der Waals surface area contributed by atoms with Crippen LogP contribution in [0.15, 0.2) is 0 Å². The summed E-state index contributed by atoms with van der Waals surface area (Å²) in [5.74, 6) is -2.51. The van der Waals surface area contributed by atoms with Crippen molar-refractivity contribution in [3.8, 4) is 0 Å². The van der Waals surface area contributed by atoms with Crippen molar-refractivity contribution in [3.05, 3.63) is 0 Å². The molecule has 2 aliphatic rings. The van der Waals surface area contributed by atoms with E-state index in [1.165, 1.54) is 4.90 Å². The van der Waals surface area contributed by atoms with Gasteiger partial charge in [0, 0.05) is 6.54 Å². The van der Waals surface area contributed by atoms with E-state index in [4.69, 9.17) is 4.74 Å². The predicted octanol–water partition coefficient (Wildman–Crippen LogP) is 2.18. The number of rotatable bonds is 10. The molecule has 2 fully saturated rings. The Morgan fingerprint density at radius 1 is 0.973 bits per heavy atom. The maximum Gasteiger partial charge on any atom is 0.408 e. The zero-order valence-electron chi connectivity index (χ0n) is 22.8. The molecule has 1 aliphatic carbocycles. The predicted molar refractivity (Wildman–Crippen MR) is 136 cm³/mol. The molecule has 11 heteroatoms. The van der Waals surface area contributed by atoms with Gasteiger partial charge in [0.05, 0.1) is 6.54 Å². The van der Waals surface area contributed by atoms with Crippen LogP contribution in [0.25, 0.3) is 0 Å². The van der Waals surface area contributed by atoms with Gasteiger partial charge in [-0.3, -0.25) is 14.4 Å². The number of nitrogens with zero attached hydrogens (tertiary/aromatic N) is 1. The Hall–Kier alpha value is -2.85. The van der Waals surface area contributed by atoms with Crippen molar-refractivity contribution in [2.24, 2.45) is 11.8 Å². The first-order chi connectivity index (χ1) is 17.3. The van der Waals surface area contributed by atoms with Gasteiger partial charge in [-0.1, -0.05) is 33.1 Å². The third-order valence-electron chi connectivity index (χ3n) is 6.66. The van der Waals surface area contributed by atoms with E-state index in [0.717, 1.165) is 32.1 Å². The quantitative estimate of drug-likeness (QED) is 0.341. The van der Waals surface area contributed by atoms with Gasteiger partial charge >= 0.3 is 12.1 Å². The highest BCUT2D eigenvalue weighted by atomic mass is 16.6. The van der Waals surface area contributed by atoms with Crippen LogP contribution in [0.1, 0.15) is 86.0 Å². The van der Waals surface area contributed by atoms with Crippen LogP contribution in [0.3, 0.4) is 0 Å². The minimum absolute atomic E-state index is 0.0437. The van der Waals surface area contributed by atoms with Crippen LogP contribution in [-0.4, -0.2) is 76.6 Å². The highest BCUT2D eigenvalue weighted by molar-refractivity contribution is 5.94. The number of aliphatic carboxylic acids is 1. The van der Waals surface area contributed by atoms with Gasteiger partial charge < -0.3 is 30.7 Å². The maximum absolute atomic E-state index is 13.7. The van der Waals surface area contributed by atoms with Gasteiger partial charge in [-0.15, -0.1) is 0 Å². The molecule has 0 aromatic rings. The molecule has 1 saturated heterocycles. The zero-order valence-corrected chi connectivity index (χ0v) is 22.8. The molecule has 0 radical (unpaired) electrons. The summed E-state index contributed by atoms with van der Waals surface area (Å²) in [5, 5.41) is 17.1. The molecule has 0 aromatic heterocycles. The van der Waals surface area contributed by atoms with Crippen LogP contribution >= 0.6 is 0 Å². The Kier molecular flexibility index (Phi) is 11.2. The Morgan fingerprint density at radius 2 is 1.62 bits per heavy atom. The average Bonchev–Trinajstić information content (AvgIpc) is 3.29. The van der Waals surface area contributed by atoms with Gasteiger partial charge in [-0.2, -0.15) is 0 Å². The second-order valence-corrected chi connectivity index (χ2v) is 11.5. The van der Waals surface area contributed by atoms with E-state index >= 15 is 0 Å². The van der Waals surface area contributed by atoms with Crippen molar-refractivity contribution in [2.45, 2.75) is 110 Å². The lowest BCUT2D eigenvalue weighted by atomic mass is 9.83. The smallest absolute Gasteiger partial charge is 0.408 e. The molecule has 11 nitrogen and oxygen atoms in total. The Bertz CT molecular complexity index is 833. The average molecular weight is 525 g/mol. The summed E-state index contributed by atoms with van der Waals surface area (Å²) < 4.78 is 5.40. The normalized spacial score (nSPS) is 20.2. The summed E-state index contributed by atoms with van der Waals surface area (Å²) in [6, 6.07) is -2.60. The van der Waals surface area contributed by atoms with Gasteiger partial charge in [0.2, 0.25) is 17.7 Å². The molecule has 1 aliphatic heterocycles. The SMILES string of the molecule is CC(C)C[C@@H](NC(=O)CNC(=O)[C@@H]1CCCN1C(=O)[C@H](NC(=O)OC(C)(C)C)C1CCCCC1)C(=O)O. The minimum Gasteiger partial charge on any atom is -0.480 e. The molecular weight excluding hydrogens is 480 g/mol. The molecule has 1 saturated carbocycles. The number of ether oxygens (including phenoxy) is 1. The standard InChI is InChI=1S/C26H44N4O7/c1-16(2)14-18(24(34)35)28-20(31)15-27-22(32)19-12-9-13-30(19)23(33)21(17-10-7-6-8-11-17)29-25(36)37-26(3,4)5/h16-19,21H,6-15H2,1-5H3,(H,27,32)(H,28,31)(H,29,36)(H,34,35)/t18-,19+,21-/m1/s1. The fourth-order valence-electron chi connectivity index (χ4n) is 4.99. The van der Waals surface area contributed by atoms with Gasteiger partial charge in [0.25, 0.3) is 0 Å². The molecule has 37 heavy (non-hydrogen) atoms.